The molecule has 0 spiro atoms. The first-order valence-electron chi connectivity index (χ1n) is 13.5. The van der Waals surface area contributed by atoms with Gasteiger partial charge < -0.3 is 39.0 Å². The highest BCUT2D eigenvalue weighted by Crippen LogP contribution is 2.40. The molecule has 4 aromatic rings. The summed E-state index contributed by atoms with van der Waals surface area (Å²) in [6, 6.07) is 11.6. The molecule has 41 heavy (non-hydrogen) atoms. The van der Waals surface area contributed by atoms with Crippen LogP contribution in [0.2, 0.25) is 0 Å². The molecule has 0 aliphatic carbocycles. The van der Waals surface area contributed by atoms with E-state index in [2.05, 4.69) is 15.6 Å². The second kappa shape index (κ2) is 12.6. The molecule has 1 saturated heterocycles. The summed E-state index contributed by atoms with van der Waals surface area (Å²) in [4.78, 5) is 28.2. The van der Waals surface area contributed by atoms with Crippen LogP contribution in [0.15, 0.2) is 42.7 Å². The summed E-state index contributed by atoms with van der Waals surface area (Å²) in [7, 11) is 6.35. The first kappa shape index (κ1) is 27.8. The third-order valence-corrected chi connectivity index (χ3v) is 7.03. The Balaban J connectivity index is 1.43. The Morgan fingerprint density at radius 2 is 1.68 bits per heavy atom. The van der Waals surface area contributed by atoms with Gasteiger partial charge in [0.25, 0.3) is 0 Å². The Hall–Kier alpha value is -4.74. The number of nitrogens with one attached hydrogen (secondary N) is 2. The number of amides is 1. The lowest BCUT2D eigenvalue weighted by molar-refractivity contribution is -0.127. The van der Waals surface area contributed by atoms with Crippen LogP contribution >= 0.6 is 0 Å². The lowest BCUT2D eigenvalue weighted by atomic mass is 10.1. The van der Waals surface area contributed by atoms with E-state index in [1.54, 1.807) is 46.9 Å². The maximum atomic E-state index is 12.1. The largest absolute Gasteiger partial charge is 0.497 e. The first-order chi connectivity index (χ1) is 20.0. The Morgan fingerprint density at radius 1 is 0.927 bits per heavy atom. The SMILES string of the molecule is COc1ccc(CCNc2nc(Nc3cc(OC)c(OC)c(OC)c3)nc3c2ncn3CCN2CCCC2=O)cc1. The van der Waals surface area contributed by atoms with E-state index in [-0.39, 0.29) is 5.91 Å². The summed E-state index contributed by atoms with van der Waals surface area (Å²) in [5, 5.41) is 6.72. The molecule has 12 nitrogen and oxygen atoms in total. The molecule has 2 aromatic heterocycles. The molecule has 0 atom stereocenters. The van der Waals surface area contributed by atoms with Crippen molar-refractivity contribution in [3.63, 3.8) is 0 Å². The van der Waals surface area contributed by atoms with Gasteiger partial charge in [-0.25, -0.2) is 4.98 Å². The number of fused-ring (bicyclic) bond motifs is 1. The van der Waals surface area contributed by atoms with E-state index in [9.17, 15) is 4.79 Å². The fourth-order valence-electron chi connectivity index (χ4n) is 4.86. The van der Waals surface area contributed by atoms with E-state index in [1.165, 1.54) is 5.56 Å². The Kier molecular flexibility index (Phi) is 8.56. The van der Waals surface area contributed by atoms with Gasteiger partial charge in [-0.3, -0.25) is 4.79 Å². The van der Waals surface area contributed by atoms with E-state index >= 15 is 0 Å². The molecule has 0 saturated carbocycles. The molecule has 0 radical (unpaired) electrons. The van der Waals surface area contributed by atoms with Crippen LogP contribution in [-0.4, -0.2) is 78.4 Å². The normalized spacial score (nSPS) is 13.0. The van der Waals surface area contributed by atoms with E-state index in [0.717, 1.165) is 25.1 Å². The van der Waals surface area contributed by atoms with Crippen LogP contribution in [0.3, 0.4) is 0 Å². The lowest BCUT2D eigenvalue weighted by Crippen LogP contribution is -2.28. The average Bonchev–Trinajstić information content (AvgIpc) is 3.61. The number of methoxy groups -OCH3 is 4. The molecule has 3 heterocycles. The van der Waals surface area contributed by atoms with E-state index in [0.29, 0.717) is 71.9 Å². The van der Waals surface area contributed by atoms with Crippen LogP contribution in [0.4, 0.5) is 17.5 Å². The standard InChI is InChI=1S/C29H35N7O5/c1-38-21-9-7-19(8-10-21)11-12-30-27-25-28(36(18-31-25)15-14-35-13-5-6-24(35)37)34-29(33-27)32-20-16-22(39-2)26(41-4)23(17-20)40-3/h7-10,16-18H,5-6,11-15H2,1-4H3,(H2,30,32,33,34). The number of anilines is 3. The van der Waals surface area contributed by atoms with Crippen LogP contribution in [0.1, 0.15) is 18.4 Å². The van der Waals surface area contributed by atoms with Gasteiger partial charge in [0.05, 0.1) is 34.8 Å². The number of ether oxygens (including phenoxy) is 4. The highest BCUT2D eigenvalue weighted by molar-refractivity contribution is 5.85. The van der Waals surface area contributed by atoms with Gasteiger partial charge in [-0.15, -0.1) is 0 Å². The zero-order chi connectivity index (χ0) is 28.8. The molecule has 5 rings (SSSR count). The smallest absolute Gasteiger partial charge is 0.231 e. The number of carbonyl (C=O) groups is 1. The maximum Gasteiger partial charge on any atom is 0.231 e. The van der Waals surface area contributed by atoms with Crippen molar-refractivity contribution in [2.45, 2.75) is 25.8 Å². The summed E-state index contributed by atoms with van der Waals surface area (Å²) in [6.07, 6.45) is 4.04. The zero-order valence-electron chi connectivity index (χ0n) is 23.8. The molecule has 0 unspecified atom stereocenters. The van der Waals surface area contributed by atoms with Crippen molar-refractivity contribution in [3.8, 4) is 23.0 Å². The summed E-state index contributed by atoms with van der Waals surface area (Å²) in [5.41, 5.74) is 3.15. The molecule has 2 aromatic carbocycles. The topological polar surface area (TPSA) is 125 Å². The Labute approximate surface area is 238 Å². The first-order valence-corrected chi connectivity index (χ1v) is 13.5. The zero-order valence-corrected chi connectivity index (χ0v) is 23.8. The Morgan fingerprint density at radius 3 is 2.32 bits per heavy atom. The minimum Gasteiger partial charge on any atom is -0.497 e. The lowest BCUT2D eigenvalue weighted by Gasteiger charge is -2.16. The predicted molar refractivity (Wildman–Crippen MR) is 156 cm³/mol. The number of carbonyl (C=O) groups excluding carboxylic acids is 1. The van der Waals surface area contributed by atoms with Crippen molar-refractivity contribution >= 4 is 34.5 Å². The summed E-state index contributed by atoms with van der Waals surface area (Å²) in [6.45, 7) is 2.60. The van der Waals surface area contributed by atoms with Crippen LogP contribution in [0, 0.1) is 0 Å². The van der Waals surface area contributed by atoms with Gasteiger partial charge in [-0.1, -0.05) is 12.1 Å². The van der Waals surface area contributed by atoms with Gasteiger partial charge in [0.15, 0.2) is 28.5 Å². The molecule has 2 N–H and O–H groups in total. The quantitative estimate of drug-likeness (QED) is 0.248. The van der Waals surface area contributed by atoms with Gasteiger partial charge in [-0.2, -0.15) is 9.97 Å². The molecule has 1 aliphatic heterocycles. The second-order valence-electron chi connectivity index (χ2n) is 9.55. The molecule has 1 aliphatic rings. The number of hydrogen-bond donors (Lipinski definition) is 2. The molecule has 1 amide bonds. The van der Waals surface area contributed by atoms with Crippen molar-refractivity contribution in [3.05, 3.63) is 48.3 Å². The number of likely N-dealkylation sites (tertiary alicyclic amines) is 1. The minimum atomic E-state index is 0.190. The molecule has 0 bridgehead atoms. The van der Waals surface area contributed by atoms with Crippen molar-refractivity contribution in [1.82, 2.24) is 24.4 Å². The fourth-order valence-corrected chi connectivity index (χ4v) is 4.86. The van der Waals surface area contributed by atoms with Gasteiger partial charge >= 0.3 is 0 Å². The predicted octanol–water partition coefficient (Wildman–Crippen LogP) is 3.88. The fraction of sp³-hybridized carbons (Fsp3) is 0.379. The highest BCUT2D eigenvalue weighted by Gasteiger charge is 2.21. The summed E-state index contributed by atoms with van der Waals surface area (Å²) < 4.78 is 23.7. The third-order valence-electron chi connectivity index (χ3n) is 7.03. The van der Waals surface area contributed by atoms with Crippen LogP contribution in [0.25, 0.3) is 11.2 Å². The van der Waals surface area contributed by atoms with Crippen molar-refractivity contribution in [1.29, 1.82) is 0 Å². The van der Waals surface area contributed by atoms with Gasteiger partial charge in [-0.05, 0) is 30.5 Å². The highest BCUT2D eigenvalue weighted by atomic mass is 16.5. The average molecular weight is 562 g/mol. The molecular weight excluding hydrogens is 526 g/mol. The second-order valence-corrected chi connectivity index (χ2v) is 9.55. The maximum absolute atomic E-state index is 12.1. The van der Waals surface area contributed by atoms with Crippen LogP contribution < -0.4 is 29.6 Å². The van der Waals surface area contributed by atoms with Crippen LogP contribution in [-0.2, 0) is 17.8 Å². The monoisotopic (exact) mass is 561 g/mol. The van der Waals surface area contributed by atoms with Crippen LogP contribution in [0.5, 0.6) is 23.0 Å². The number of nitrogens with zero attached hydrogens (tertiary/aromatic N) is 5. The van der Waals surface area contributed by atoms with Gasteiger partial charge in [0, 0.05) is 50.4 Å². The van der Waals surface area contributed by atoms with E-state index in [1.807, 2.05) is 33.7 Å². The third kappa shape index (κ3) is 6.21. The number of hydrogen-bond acceptors (Lipinski definition) is 10. The summed E-state index contributed by atoms with van der Waals surface area (Å²) in [5.74, 6) is 3.50. The van der Waals surface area contributed by atoms with Gasteiger partial charge in [0.2, 0.25) is 17.6 Å². The number of aromatic nitrogens is 4. The van der Waals surface area contributed by atoms with E-state index < -0.39 is 0 Å². The molecule has 12 heteroatoms. The molecular formula is C29H35N7O5. The minimum absolute atomic E-state index is 0.190. The number of benzene rings is 2. The summed E-state index contributed by atoms with van der Waals surface area (Å²) >= 11 is 0. The number of rotatable bonds is 13. The van der Waals surface area contributed by atoms with Crippen molar-refractivity contribution < 1.29 is 23.7 Å². The van der Waals surface area contributed by atoms with Gasteiger partial charge in [0.1, 0.15) is 5.75 Å². The Bertz CT molecular complexity index is 1480. The van der Waals surface area contributed by atoms with E-state index in [4.69, 9.17) is 28.9 Å². The molecule has 1 fully saturated rings. The van der Waals surface area contributed by atoms with Crippen molar-refractivity contribution in [2.24, 2.45) is 0 Å². The number of imidazole rings is 1. The van der Waals surface area contributed by atoms with Crippen molar-refractivity contribution in [2.75, 3.05) is 58.7 Å². The molecule has 216 valence electrons.